The lowest BCUT2D eigenvalue weighted by atomic mass is 10.0. The van der Waals surface area contributed by atoms with Crippen LogP contribution in [0.15, 0.2) is 74.3 Å². The van der Waals surface area contributed by atoms with E-state index in [1.165, 1.54) is 0 Å². The van der Waals surface area contributed by atoms with Crippen molar-refractivity contribution in [1.82, 2.24) is 9.97 Å². The molecule has 6 rings (SSSR count). The van der Waals surface area contributed by atoms with E-state index >= 15 is 0 Å². The van der Waals surface area contributed by atoms with E-state index in [0.29, 0.717) is 22.2 Å². The summed E-state index contributed by atoms with van der Waals surface area (Å²) in [6.45, 7) is 3.91. The Balaban J connectivity index is 1.69. The maximum atomic E-state index is 12.8. The highest BCUT2D eigenvalue weighted by molar-refractivity contribution is 6.07. The van der Waals surface area contributed by atoms with Crippen LogP contribution in [0, 0.1) is 13.8 Å². The summed E-state index contributed by atoms with van der Waals surface area (Å²) in [4.78, 5) is 22.1. The van der Waals surface area contributed by atoms with Crippen molar-refractivity contribution in [1.29, 1.82) is 0 Å². The quantitative estimate of drug-likeness (QED) is 0.257. The van der Waals surface area contributed by atoms with Crippen LogP contribution in [0.25, 0.3) is 55.2 Å². The summed E-state index contributed by atoms with van der Waals surface area (Å²) in [5.74, 6) is 0.243. The molecule has 5 nitrogen and oxygen atoms in total. The lowest BCUT2D eigenvalue weighted by Gasteiger charge is -2.03. The summed E-state index contributed by atoms with van der Waals surface area (Å²) < 4.78 is 11.8. The Bertz CT molecular complexity index is 1690. The second-order valence-electron chi connectivity index (χ2n) is 7.51. The van der Waals surface area contributed by atoms with Crippen LogP contribution in [0.5, 0.6) is 0 Å². The molecule has 0 aliphatic carbocycles. The average molecular weight is 392 g/mol. The highest BCUT2D eigenvalue weighted by Crippen LogP contribution is 2.33. The standard InChI is InChI=1S/C25H16N2O3/c1-13-6-5-9-17-21(13)26-14(2)22-23(17)30-24(27-22)19-12-18-16-8-4-3-7-15(16)10-11-20(18)29-25(19)28/h3-12H,1-2H3. The number of pyridine rings is 1. The Hall–Kier alpha value is -3.99. The molecule has 0 bridgehead atoms. The van der Waals surface area contributed by atoms with Crippen LogP contribution in [0.1, 0.15) is 11.3 Å². The van der Waals surface area contributed by atoms with Crippen molar-refractivity contribution < 1.29 is 8.83 Å². The third-order valence-corrected chi connectivity index (χ3v) is 5.60. The molecule has 0 N–H and O–H groups in total. The van der Waals surface area contributed by atoms with E-state index < -0.39 is 5.63 Å². The van der Waals surface area contributed by atoms with Crippen molar-refractivity contribution >= 4 is 43.7 Å². The van der Waals surface area contributed by atoms with Crippen LogP contribution in [-0.4, -0.2) is 9.97 Å². The fourth-order valence-corrected chi connectivity index (χ4v) is 4.09. The van der Waals surface area contributed by atoms with Crippen LogP contribution in [0.4, 0.5) is 0 Å². The normalized spacial score (nSPS) is 11.8. The fraction of sp³-hybridized carbons (Fsp3) is 0.0800. The number of nitrogens with zero attached hydrogens (tertiary/aromatic N) is 2. The second-order valence-corrected chi connectivity index (χ2v) is 7.51. The van der Waals surface area contributed by atoms with Crippen LogP contribution >= 0.6 is 0 Å². The zero-order valence-corrected chi connectivity index (χ0v) is 16.4. The summed E-state index contributed by atoms with van der Waals surface area (Å²) in [6.07, 6.45) is 0. The molecule has 0 spiro atoms. The molecule has 3 aromatic carbocycles. The molecule has 6 aromatic rings. The first-order chi connectivity index (χ1) is 14.6. The number of hydrogen-bond donors (Lipinski definition) is 0. The Morgan fingerprint density at radius 2 is 1.60 bits per heavy atom. The molecule has 0 fully saturated rings. The van der Waals surface area contributed by atoms with Gasteiger partial charge in [0.15, 0.2) is 5.58 Å². The molecule has 0 saturated heterocycles. The van der Waals surface area contributed by atoms with Gasteiger partial charge in [-0.05, 0) is 48.4 Å². The van der Waals surface area contributed by atoms with Crippen molar-refractivity contribution in [2.45, 2.75) is 13.8 Å². The van der Waals surface area contributed by atoms with Crippen LogP contribution in [0.2, 0.25) is 0 Å². The number of aromatic nitrogens is 2. The molecule has 144 valence electrons. The van der Waals surface area contributed by atoms with Gasteiger partial charge < -0.3 is 8.83 Å². The zero-order valence-electron chi connectivity index (χ0n) is 16.4. The monoisotopic (exact) mass is 392 g/mol. The highest BCUT2D eigenvalue weighted by Gasteiger charge is 2.19. The number of para-hydroxylation sites is 1. The van der Waals surface area contributed by atoms with Crippen molar-refractivity contribution in [2.75, 3.05) is 0 Å². The summed E-state index contributed by atoms with van der Waals surface area (Å²) >= 11 is 0. The lowest BCUT2D eigenvalue weighted by Crippen LogP contribution is -2.03. The second kappa shape index (κ2) is 6.00. The van der Waals surface area contributed by atoms with Crippen LogP contribution in [-0.2, 0) is 0 Å². The van der Waals surface area contributed by atoms with E-state index in [0.717, 1.165) is 38.3 Å². The van der Waals surface area contributed by atoms with E-state index in [2.05, 4.69) is 4.98 Å². The average Bonchev–Trinajstić information content (AvgIpc) is 3.20. The molecule has 5 heteroatoms. The highest BCUT2D eigenvalue weighted by atomic mass is 16.4. The molecule has 0 unspecified atom stereocenters. The number of benzene rings is 3. The summed E-state index contributed by atoms with van der Waals surface area (Å²) in [5, 5.41) is 3.81. The Labute approximate surface area is 170 Å². The molecule has 0 atom stereocenters. The lowest BCUT2D eigenvalue weighted by molar-refractivity contribution is 0.554. The van der Waals surface area contributed by atoms with Gasteiger partial charge in [0.25, 0.3) is 0 Å². The van der Waals surface area contributed by atoms with Gasteiger partial charge in [0.05, 0.1) is 11.2 Å². The predicted molar refractivity (Wildman–Crippen MR) is 118 cm³/mol. The largest absolute Gasteiger partial charge is 0.435 e. The smallest absolute Gasteiger partial charge is 0.349 e. The molecular formula is C25H16N2O3. The molecular weight excluding hydrogens is 376 g/mol. The first-order valence-corrected chi connectivity index (χ1v) is 9.72. The molecule has 0 aliphatic rings. The minimum atomic E-state index is -0.476. The molecule has 0 aliphatic heterocycles. The van der Waals surface area contributed by atoms with Crippen molar-refractivity contribution in [3.63, 3.8) is 0 Å². The predicted octanol–water partition coefficient (Wildman–Crippen LogP) is 5.92. The van der Waals surface area contributed by atoms with Crippen molar-refractivity contribution in [3.05, 3.63) is 82.3 Å². The number of aryl methyl sites for hydroxylation is 2. The number of rotatable bonds is 1. The van der Waals surface area contributed by atoms with Crippen LogP contribution in [0.3, 0.4) is 0 Å². The zero-order chi connectivity index (χ0) is 20.4. The van der Waals surface area contributed by atoms with Gasteiger partial charge in [-0.1, -0.05) is 42.5 Å². The molecule has 0 amide bonds. The maximum absolute atomic E-state index is 12.8. The first-order valence-electron chi connectivity index (χ1n) is 9.72. The number of fused-ring (bicyclic) bond motifs is 6. The molecule has 3 aromatic heterocycles. The SMILES string of the molecule is Cc1cccc2c1nc(C)c1nc(-c3cc4c(ccc5ccccc54)oc3=O)oc12. The number of hydrogen-bond acceptors (Lipinski definition) is 5. The van der Waals surface area contributed by atoms with Crippen LogP contribution < -0.4 is 5.63 Å². The maximum Gasteiger partial charge on any atom is 0.349 e. The minimum absolute atomic E-state index is 0.243. The van der Waals surface area contributed by atoms with E-state index in [-0.39, 0.29) is 5.89 Å². The molecule has 0 saturated carbocycles. The molecule has 3 heterocycles. The summed E-state index contributed by atoms with van der Waals surface area (Å²) in [5.41, 5.74) is 4.35. The summed E-state index contributed by atoms with van der Waals surface area (Å²) in [7, 11) is 0. The van der Waals surface area contributed by atoms with Crippen molar-refractivity contribution in [2.24, 2.45) is 0 Å². The van der Waals surface area contributed by atoms with E-state index in [9.17, 15) is 4.79 Å². The van der Waals surface area contributed by atoms with Gasteiger partial charge >= 0.3 is 5.63 Å². The minimum Gasteiger partial charge on any atom is -0.435 e. The fourth-order valence-electron chi connectivity index (χ4n) is 4.09. The van der Waals surface area contributed by atoms with Gasteiger partial charge in [0.1, 0.15) is 16.7 Å². The van der Waals surface area contributed by atoms with Gasteiger partial charge in [0, 0.05) is 10.8 Å². The van der Waals surface area contributed by atoms with E-state index in [1.54, 1.807) is 0 Å². The van der Waals surface area contributed by atoms with Gasteiger partial charge in [0.2, 0.25) is 5.89 Å². The number of oxazole rings is 1. The topological polar surface area (TPSA) is 69.1 Å². The van der Waals surface area contributed by atoms with E-state index in [4.69, 9.17) is 13.8 Å². The van der Waals surface area contributed by atoms with Gasteiger partial charge in [-0.2, -0.15) is 0 Å². The van der Waals surface area contributed by atoms with E-state index in [1.807, 2.05) is 74.5 Å². The van der Waals surface area contributed by atoms with Gasteiger partial charge in [-0.25, -0.2) is 9.78 Å². The third-order valence-electron chi connectivity index (χ3n) is 5.60. The first kappa shape index (κ1) is 16.9. The summed E-state index contributed by atoms with van der Waals surface area (Å²) in [6, 6.07) is 19.5. The Morgan fingerprint density at radius 1 is 0.767 bits per heavy atom. The Morgan fingerprint density at radius 3 is 2.50 bits per heavy atom. The Kier molecular flexibility index (Phi) is 3.39. The van der Waals surface area contributed by atoms with Gasteiger partial charge in [-0.15, -0.1) is 0 Å². The van der Waals surface area contributed by atoms with Gasteiger partial charge in [-0.3, -0.25) is 4.98 Å². The molecule has 30 heavy (non-hydrogen) atoms. The third kappa shape index (κ3) is 2.32. The van der Waals surface area contributed by atoms with Crippen molar-refractivity contribution in [3.8, 4) is 11.5 Å². The molecule has 0 radical (unpaired) electrons.